The van der Waals surface area contributed by atoms with Crippen molar-refractivity contribution in [3.05, 3.63) is 101 Å². The number of nitrogens with zero attached hydrogens (tertiary/aromatic N) is 1. The van der Waals surface area contributed by atoms with E-state index in [4.69, 9.17) is 0 Å². The molecule has 3 nitrogen and oxygen atoms in total. The lowest BCUT2D eigenvalue weighted by Gasteiger charge is -2.11. The Morgan fingerprint density at radius 2 is 1.79 bits per heavy atom. The van der Waals surface area contributed by atoms with Crippen molar-refractivity contribution >= 4 is 17.2 Å². The summed E-state index contributed by atoms with van der Waals surface area (Å²) in [5.41, 5.74) is 5.56. The molecule has 2 heterocycles. The highest BCUT2D eigenvalue weighted by Gasteiger charge is 2.10. The lowest BCUT2D eigenvalue weighted by atomic mass is 10.00. The highest BCUT2D eigenvalue weighted by Crippen LogP contribution is 2.25. The number of hydrogen-bond acceptors (Lipinski definition) is 3. The van der Waals surface area contributed by atoms with Gasteiger partial charge < -0.3 is 5.32 Å². The molecule has 1 amide bonds. The third-order valence-electron chi connectivity index (χ3n) is 4.77. The first kappa shape index (κ1) is 19.0. The minimum atomic E-state index is -0.248. The minimum Gasteiger partial charge on any atom is -0.348 e. The highest BCUT2D eigenvalue weighted by molar-refractivity contribution is 7.13. The molecule has 0 aliphatic rings. The molecule has 5 heteroatoms. The summed E-state index contributed by atoms with van der Waals surface area (Å²) in [7, 11) is 0. The molecule has 0 aliphatic heterocycles. The molecule has 0 saturated heterocycles. The average Bonchev–Trinajstić information content (AvgIpc) is 3.28. The molecule has 0 fully saturated rings. The quantitative estimate of drug-likeness (QED) is 0.455. The number of carbonyl (C=O) groups excluding carboxylic acids is 1. The van der Waals surface area contributed by atoms with E-state index in [0.29, 0.717) is 12.1 Å². The SMILES string of the molecule is Cc1cc(-c2ccc(F)cc2)ccc1CNC(=O)c1cncc(-c2cccs2)c1. The molecule has 0 bridgehead atoms. The van der Waals surface area contributed by atoms with Gasteiger partial charge in [-0.25, -0.2) is 4.39 Å². The maximum Gasteiger partial charge on any atom is 0.253 e. The van der Waals surface area contributed by atoms with Gasteiger partial charge in [0.25, 0.3) is 5.91 Å². The number of nitrogens with one attached hydrogen (secondary N) is 1. The molecule has 0 radical (unpaired) electrons. The van der Waals surface area contributed by atoms with Crippen LogP contribution in [0.4, 0.5) is 4.39 Å². The minimum absolute atomic E-state index is 0.155. The fourth-order valence-corrected chi connectivity index (χ4v) is 3.84. The fourth-order valence-electron chi connectivity index (χ4n) is 3.14. The molecular formula is C24H19FN2OS. The molecule has 2 aromatic carbocycles. The van der Waals surface area contributed by atoms with Crippen LogP contribution in [0.25, 0.3) is 21.6 Å². The standard InChI is InChI=1S/C24H19FN2OS/c1-16-11-18(17-6-8-22(25)9-7-17)4-5-19(16)15-27-24(28)21-12-20(13-26-14-21)23-3-2-10-29-23/h2-14H,15H2,1H3,(H,27,28). The summed E-state index contributed by atoms with van der Waals surface area (Å²) >= 11 is 1.62. The summed E-state index contributed by atoms with van der Waals surface area (Å²) < 4.78 is 13.1. The molecule has 0 atom stereocenters. The predicted molar refractivity (Wildman–Crippen MR) is 115 cm³/mol. The van der Waals surface area contributed by atoms with Crippen LogP contribution >= 0.6 is 11.3 Å². The van der Waals surface area contributed by atoms with Gasteiger partial charge in [-0.05, 0) is 58.8 Å². The molecule has 0 saturated carbocycles. The molecule has 0 aliphatic carbocycles. The summed E-state index contributed by atoms with van der Waals surface area (Å²) in [4.78, 5) is 17.9. The Balaban J connectivity index is 1.45. The van der Waals surface area contributed by atoms with Crippen LogP contribution in [0.3, 0.4) is 0 Å². The summed E-state index contributed by atoms with van der Waals surface area (Å²) in [5.74, 6) is -0.402. The molecule has 4 aromatic rings. The van der Waals surface area contributed by atoms with Gasteiger partial charge in [0.15, 0.2) is 0 Å². The number of halogens is 1. The van der Waals surface area contributed by atoms with E-state index in [9.17, 15) is 9.18 Å². The third-order valence-corrected chi connectivity index (χ3v) is 5.68. The van der Waals surface area contributed by atoms with Crippen LogP contribution in [0.1, 0.15) is 21.5 Å². The van der Waals surface area contributed by atoms with E-state index in [0.717, 1.165) is 32.7 Å². The summed E-state index contributed by atoms with van der Waals surface area (Å²) in [6, 6.07) is 18.3. The molecule has 2 aromatic heterocycles. The van der Waals surface area contributed by atoms with Crippen LogP contribution in [0.5, 0.6) is 0 Å². The Morgan fingerprint density at radius 1 is 1.00 bits per heavy atom. The molecule has 144 valence electrons. The van der Waals surface area contributed by atoms with Crippen molar-refractivity contribution < 1.29 is 9.18 Å². The van der Waals surface area contributed by atoms with Crippen molar-refractivity contribution in [1.82, 2.24) is 10.3 Å². The van der Waals surface area contributed by atoms with Crippen LogP contribution in [-0.4, -0.2) is 10.9 Å². The second-order valence-corrected chi connectivity index (χ2v) is 7.72. The molecule has 29 heavy (non-hydrogen) atoms. The molecular weight excluding hydrogens is 383 g/mol. The normalized spacial score (nSPS) is 10.7. The van der Waals surface area contributed by atoms with Gasteiger partial charge in [-0.15, -0.1) is 11.3 Å². The van der Waals surface area contributed by atoms with E-state index >= 15 is 0 Å². The maximum atomic E-state index is 13.1. The Hall–Kier alpha value is -3.31. The third kappa shape index (κ3) is 4.41. The van der Waals surface area contributed by atoms with Crippen LogP contribution in [0, 0.1) is 12.7 Å². The highest BCUT2D eigenvalue weighted by atomic mass is 32.1. The first-order valence-corrected chi connectivity index (χ1v) is 10.1. The van der Waals surface area contributed by atoms with Gasteiger partial charge in [-0.2, -0.15) is 0 Å². The van der Waals surface area contributed by atoms with Crippen molar-refractivity contribution in [2.24, 2.45) is 0 Å². The number of hydrogen-bond donors (Lipinski definition) is 1. The summed E-state index contributed by atoms with van der Waals surface area (Å²) in [5, 5.41) is 4.97. The van der Waals surface area contributed by atoms with Crippen LogP contribution in [0.2, 0.25) is 0 Å². The van der Waals surface area contributed by atoms with E-state index in [1.807, 2.05) is 48.7 Å². The summed E-state index contributed by atoms with van der Waals surface area (Å²) in [6.45, 7) is 2.44. The number of benzene rings is 2. The van der Waals surface area contributed by atoms with E-state index in [-0.39, 0.29) is 11.7 Å². The number of amides is 1. The summed E-state index contributed by atoms with van der Waals surface area (Å²) in [6.07, 6.45) is 3.35. The molecule has 0 unspecified atom stereocenters. The van der Waals surface area contributed by atoms with Gasteiger partial charge in [0.2, 0.25) is 0 Å². The van der Waals surface area contributed by atoms with E-state index < -0.39 is 0 Å². The number of carbonyl (C=O) groups is 1. The zero-order chi connectivity index (χ0) is 20.2. The first-order valence-electron chi connectivity index (χ1n) is 9.23. The second-order valence-electron chi connectivity index (χ2n) is 6.77. The van der Waals surface area contributed by atoms with E-state index in [1.54, 1.807) is 35.9 Å². The Kier molecular flexibility index (Phi) is 5.49. The maximum absolute atomic E-state index is 13.1. The number of rotatable bonds is 5. The van der Waals surface area contributed by atoms with Crippen molar-refractivity contribution in [3.63, 3.8) is 0 Å². The van der Waals surface area contributed by atoms with Gasteiger partial charge in [0.1, 0.15) is 5.82 Å². The number of aryl methyl sites for hydroxylation is 1. The zero-order valence-corrected chi connectivity index (χ0v) is 16.7. The first-order chi connectivity index (χ1) is 14.1. The van der Waals surface area contributed by atoms with Gasteiger partial charge in [0, 0.05) is 29.4 Å². The fraction of sp³-hybridized carbons (Fsp3) is 0.0833. The van der Waals surface area contributed by atoms with Crippen LogP contribution < -0.4 is 5.32 Å². The van der Waals surface area contributed by atoms with Crippen molar-refractivity contribution in [3.8, 4) is 21.6 Å². The van der Waals surface area contributed by atoms with Crippen molar-refractivity contribution in [2.45, 2.75) is 13.5 Å². The van der Waals surface area contributed by atoms with Gasteiger partial charge in [-0.3, -0.25) is 9.78 Å². The average molecular weight is 402 g/mol. The number of pyridine rings is 1. The Bertz CT molecular complexity index is 1140. The predicted octanol–water partition coefficient (Wildman–Crippen LogP) is 5.85. The van der Waals surface area contributed by atoms with E-state index in [1.165, 1.54) is 12.1 Å². The largest absolute Gasteiger partial charge is 0.348 e. The molecule has 4 rings (SSSR count). The van der Waals surface area contributed by atoms with Gasteiger partial charge >= 0.3 is 0 Å². The number of aromatic nitrogens is 1. The monoisotopic (exact) mass is 402 g/mol. The van der Waals surface area contributed by atoms with Crippen LogP contribution in [0.15, 0.2) is 78.4 Å². The van der Waals surface area contributed by atoms with Crippen molar-refractivity contribution in [1.29, 1.82) is 0 Å². The molecule has 1 N–H and O–H groups in total. The topological polar surface area (TPSA) is 42.0 Å². The van der Waals surface area contributed by atoms with Crippen molar-refractivity contribution in [2.75, 3.05) is 0 Å². The van der Waals surface area contributed by atoms with Gasteiger partial charge in [-0.1, -0.05) is 36.4 Å². The smallest absolute Gasteiger partial charge is 0.253 e. The lowest BCUT2D eigenvalue weighted by molar-refractivity contribution is 0.0950. The Morgan fingerprint density at radius 3 is 2.52 bits per heavy atom. The number of thiophene rings is 1. The molecule has 0 spiro atoms. The van der Waals surface area contributed by atoms with E-state index in [2.05, 4.69) is 10.3 Å². The zero-order valence-electron chi connectivity index (χ0n) is 15.9. The van der Waals surface area contributed by atoms with Gasteiger partial charge in [0.05, 0.1) is 5.56 Å². The van der Waals surface area contributed by atoms with Crippen LogP contribution in [-0.2, 0) is 6.54 Å². The Labute approximate surface area is 172 Å². The lowest BCUT2D eigenvalue weighted by Crippen LogP contribution is -2.23. The second kappa shape index (κ2) is 8.37.